The van der Waals surface area contributed by atoms with Crippen molar-refractivity contribution in [2.75, 3.05) is 7.11 Å². The zero-order chi connectivity index (χ0) is 12.8. The Morgan fingerprint density at radius 1 is 1.47 bits per heavy atom. The van der Waals surface area contributed by atoms with E-state index in [0.29, 0.717) is 12.3 Å². The quantitative estimate of drug-likeness (QED) is 0.848. The first-order valence-electron chi connectivity index (χ1n) is 5.85. The van der Waals surface area contributed by atoms with Crippen LogP contribution in [-0.2, 0) is 23.1 Å². The fraction of sp³-hybridized carbons (Fsp3) is 0.538. The third kappa shape index (κ3) is 3.82. The molecule has 1 rings (SSSR count). The highest BCUT2D eigenvalue weighted by Crippen LogP contribution is 2.20. The van der Waals surface area contributed by atoms with Crippen LogP contribution in [-0.4, -0.2) is 16.6 Å². The van der Waals surface area contributed by atoms with Crippen LogP contribution >= 0.6 is 0 Å². The molecule has 3 nitrogen and oxygen atoms in total. The minimum atomic E-state index is -0.816. The average Bonchev–Trinajstić information content (AvgIpc) is 2.37. The van der Waals surface area contributed by atoms with Crippen molar-refractivity contribution in [2.45, 2.75) is 37.8 Å². The fourth-order valence-electron chi connectivity index (χ4n) is 1.57. The van der Waals surface area contributed by atoms with Crippen molar-refractivity contribution in [3.63, 3.8) is 0 Å². The number of hydrogen-bond acceptors (Lipinski definition) is 3. The van der Waals surface area contributed by atoms with Crippen molar-refractivity contribution >= 4 is 10.8 Å². The van der Waals surface area contributed by atoms with Crippen LogP contribution in [0, 0.1) is 0 Å². The highest BCUT2D eigenvalue weighted by Gasteiger charge is 2.10. The third-order valence-corrected chi connectivity index (χ3v) is 4.75. The monoisotopic (exact) mass is 255 g/mol. The van der Waals surface area contributed by atoms with Crippen LogP contribution in [0.5, 0.6) is 5.75 Å². The number of nitrogens with two attached hydrogens (primary N) is 1. The molecule has 2 atom stereocenters. The zero-order valence-corrected chi connectivity index (χ0v) is 11.5. The van der Waals surface area contributed by atoms with Crippen LogP contribution in [0.3, 0.4) is 0 Å². The van der Waals surface area contributed by atoms with E-state index >= 15 is 0 Å². The van der Waals surface area contributed by atoms with Crippen LogP contribution in [0.2, 0.25) is 0 Å². The summed E-state index contributed by atoms with van der Waals surface area (Å²) in [5, 5.41) is 0.235. The van der Waals surface area contributed by atoms with E-state index in [4.69, 9.17) is 10.5 Å². The van der Waals surface area contributed by atoms with Crippen LogP contribution < -0.4 is 10.5 Å². The van der Waals surface area contributed by atoms with E-state index in [-0.39, 0.29) is 5.25 Å². The Labute approximate surface area is 106 Å². The van der Waals surface area contributed by atoms with E-state index in [9.17, 15) is 4.21 Å². The van der Waals surface area contributed by atoms with Crippen LogP contribution in [0.1, 0.15) is 31.4 Å². The first-order chi connectivity index (χ1) is 8.12. The molecule has 2 N–H and O–H groups in total. The van der Waals surface area contributed by atoms with Gasteiger partial charge in [0.1, 0.15) is 5.75 Å². The number of hydrogen-bond donors (Lipinski definition) is 1. The summed E-state index contributed by atoms with van der Waals surface area (Å²) in [5.74, 6) is 1.39. The molecule has 0 heterocycles. The average molecular weight is 255 g/mol. The van der Waals surface area contributed by atoms with Gasteiger partial charge in [0.15, 0.2) is 0 Å². The molecule has 0 fully saturated rings. The fourth-order valence-corrected chi connectivity index (χ4v) is 2.74. The molecule has 4 heteroatoms. The largest absolute Gasteiger partial charge is 0.496 e. The molecule has 0 bridgehead atoms. The van der Waals surface area contributed by atoms with E-state index in [0.717, 1.165) is 23.3 Å². The number of benzene rings is 1. The summed E-state index contributed by atoms with van der Waals surface area (Å²) in [5.41, 5.74) is 7.68. The summed E-state index contributed by atoms with van der Waals surface area (Å²) < 4.78 is 17.2. The van der Waals surface area contributed by atoms with Crippen LogP contribution in [0.4, 0.5) is 0 Å². The molecule has 2 unspecified atom stereocenters. The summed E-state index contributed by atoms with van der Waals surface area (Å²) in [4.78, 5) is 0. The molecule has 0 radical (unpaired) electrons. The summed E-state index contributed by atoms with van der Waals surface area (Å²) in [6.45, 7) is 4.51. The van der Waals surface area contributed by atoms with Crippen molar-refractivity contribution in [3.05, 3.63) is 29.3 Å². The Balaban J connectivity index is 2.82. The zero-order valence-electron chi connectivity index (χ0n) is 10.7. The summed E-state index contributed by atoms with van der Waals surface area (Å²) in [7, 11) is 0.814. The molecule has 0 aliphatic rings. The standard InChI is InChI=1S/C13H21NO2S/c1-4-10(2)17(15)9-11-5-6-13(16-3)12(7-11)8-14/h5-7,10H,4,8-9,14H2,1-3H3. The minimum Gasteiger partial charge on any atom is -0.496 e. The van der Waals surface area contributed by atoms with Gasteiger partial charge in [0.25, 0.3) is 0 Å². The van der Waals surface area contributed by atoms with E-state index < -0.39 is 10.8 Å². The molecule has 0 aliphatic carbocycles. The molecule has 1 aromatic rings. The molecule has 0 aromatic heterocycles. The molecule has 17 heavy (non-hydrogen) atoms. The molecule has 0 aliphatic heterocycles. The Kier molecular flexibility index (Phi) is 5.65. The van der Waals surface area contributed by atoms with E-state index in [2.05, 4.69) is 6.92 Å². The van der Waals surface area contributed by atoms with Gasteiger partial charge in [-0.15, -0.1) is 0 Å². The number of methoxy groups -OCH3 is 1. The Morgan fingerprint density at radius 3 is 2.71 bits per heavy atom. The maximum Gasteiger partial charge on any atom is 0.123 e. The second-order valence-electron chi connectivity index (χ2n) is 4.09. The summed E-state index contributed by atoms with van der Waals surface area (Å²) in [6.07, 6.45) is 0.937. The van der Waals surface area contributed by atoms with Crippen molar-refractivity contribution < 1.29 is 8.95 Å². The van der Waals surface area contributed by atoms with Gasteiger partial charge in [0.05, 0.1) is 7.11 Å². The Bertz CT molecular complexity index is 393. The van der Waals surface area contributed by atoms with Crippen molar-refractivity contribution in [2.24, 2.45) is 5.73 Å². The van der Waals surface area contributed by atoms with Crippen molar-refractivity contribution in [1.29, 1.82) is 0 Å². The smallest absolute Gasteiger partial charge is 0.123 e. The lowest BCUT2D eigenvalue weighted by Gasteiger charge is -2.11. The van der Waals surface area contributed by atoms with Gasteiger partial charge >= 0.3 is 0 Å². The molecule has 1 aromatic carbocycles. The SMILES string of the molecule is CCC(C)S(=O)Cc1ccc(OC)c(CN)c1. The molecular weight excluding hydrogens is 234 g/mol. The van der Waals surface area contributed by atoms with Crippen molar-refractivity contribution in [3.8, 4) is 5.75 Å². The molecule has 96 valence electrons. The first-order valence-corrected chi connectivity index (χ1v) is 7.23. The van der Waals surface area contributed by atoms with E-state index in [1.54, 1.807) is 7.11 Å². The van der Waals surface area contributed by atoms with Gasteiger partial charge in [-0.05, 0) is 24.1 Å². The lowest BCUT2D eigenvalue weighted by Crippen LogP contribution is -2.11. The lowest BCUT2D eigenvalue weighted by molar-refractivity contribution is 0.409. The molecule has 0 saturated heterocycles. The van der Waals surface area contributed by atoms with Gasteiger partial charge in [0, 0.05) is 33.9 Å². The molecular formula is C13H21NO2S. The van der Waals surface area contributed by atoms with Gasteiger partial charge in [-0.2, -0.15) is 0 Å². The van der Waals surface area contributed by atoms with Gasteiger partial charge < -0.3 is 10.5 Å². The normalized spacial score (nSPS) is 14.4. The van der Waals surface area contributed by atoms with E-state index in [1.165, 1.54) is 0 Å². The van der Waals surface area contributed by atoms with Gasteiger partial charge in [-0.3, -0.25) is 4.21 Å². The molecule has 0 spiro atoms. The first kappa shape index (κ1) is 14.2. The third-order valence-electron chi connectivity index (χ3n) is 2.90. The summed E-state index contributed by atoms with van der Waals surface area (Å²) >= 11 is 0. The predicted molar refractivity (Wildman–Crippen MR) is 72.5 cm³/mol. The molecule has 0 amide bonds. The van der Waals surface area contributed by atoms with Gasteiger partial charge in [-0.25, -0.2) is 0 Å². The maximum absolute atomic E-state index is 11.9. The second kappa shape index (κ2) is 6.77. The van der Waals surface area contributed by atoms with Crippen LogP contribution in [0.25, 0.3) is 0 Å². The topological polar surface area (TPSA) is 52.3 Å². The number of ether oxygens (including phenoxy) is 1. The highest BCUT2D eigenvalue weighted by molar-refractivity contribution is 7.84. The number of rotatable bonds is 6. The summed E-state index contributed by atoms with van der Waals surface area (Å²) in [6, 6.07) is 5.84. The van der Waals surface area contributed by atoms with E-state index in [1.807, 2.05) is 25.1 Å². The lowest BCUT2D eigenvalue weighted by atomic mass is 10.1. The van der Waals surface area contributed by atoms with Gasteiger partial charge in [0.2, 0.25) is 0 Å². The van der Waals surface area contributed by atoms with Gasteiger partial charge in [-0.1, -0.05) is 19.9 Å². The minimum absolute atomic E-state index is 0.235. The molecule has 0 saturated carbocycles. The van der Waals surface area contributed by atoms with Crippen molar-refractivity contribution in [1.82, 2.24) is 0 Å². The maximum atomic E-state index is 11.9. The highest BCUT2D eigenvalue weighted by atomic mass is 32.2. The Morgan fingerprint density at radius 2 is 2.18 bits per heavy atom. The Hall–Kier alpha value is -0.870. The van der Waals surface area contributed by atoms with Crippen LogP contribution in [0.15, 0.2) is 18.2 Å². The second-order valence-corrected chi connectivity index (χ2v) is 5.95. The predicted octanol–water partition coefficient (Wildman–Crippen LogP) is 2.20.